The van der Waals surface area contributed by atoms with E-state index >= 15 is 0 Å². The third kappa shape index (κ3) is 3.53. The van der Waals surface area contributed by atoms with Gasteiger partial charge in [0.2, 0.25) is 0 Å². The third-order valence-corrected chi connectivity index (χ3v) is 4.53. The van der Waals surface area contributed by atoms with Gasteiger partial charge in [-0.25, -0.2) is 0 Å². The molecule has 0 aliphatic carbocycles. The molecule has 0 radical (unpaired) electrons. The summed E-state index contributed by atoms with van der Waals surface area (Å²) in [4.78, 5) is 10.8. The molecule has 0 N–H and O–H groups in total. The lowest BCUT2D eigenvalue weighted by Gasteiger charge is -2.32. The maximum absolute atomic E-state index is 10.8. The van der Waals surface area contributed by atoms with Gasteiger partial charge in [-0.3, -0.25) is 0 Å². The minimum atomic E-state index is -1.57. The van der Waals surface area contributed by atoms with Gasteiger partial charge in [0.1, 0.15) is 0 Å². The quantitative estimate of drug-likeness (QED) is 0.474. The fourth-order valence-corrected chi connectivity index (χ4v) is 2.44. The Morgan fingerprint density at radius 2 is 1.65 bits per heavy atom. The molecule has 1 heterocycles. The Morgan fingerprint density at radius 1 is 1.13 bits per heavy atom. The molecule has 0 bridgehead atoms. The van der Waals surface area contributed by atoms with Crippen LogP contribution in [0.4, 0.5) is 4.79 Å². The maximum Gasteiger partial charge on any atom is 0.494 e. The average molecular weight is 319 g/mol. The Bertz CT molecular complexity index is 600. The van der Waals surface area contributed by atoms with Gasteiger partial charge >= 0.3 is 7.12 Å². The smallest absolute Gasteiger partial charge is 0.494 e. The van der Waals surface area contributed by atoms with Crippen LogP contribution in [0.2, 0.25) is 0 Å². The molecule has 0 atom stereocenters. The van der Waals surface area contributed by atoms with Gasteiger partial charge in [0.25, 0.3) is 6.16 Å². The van der Waals surface area contributed by atoms with Crippen molar-refractivity contribution in [3.63, 3.8) is 0 Å². The number of carboxylic acid groups (broad SMARTS) is 1. The first-order valence-corrected chi connectivity index (χ1v) is 7.72. The van der Waals surface area contributed by atoms with Gasteiger partial charge in [-0.2, -0.15) is 0 Å². The number of carbonyl (C=O) groups is 1. The van der Waals surface area contributed by atoms with Gasteiger partial charge in [0.05, 0.1) is 17.0 Å². The number of rotatable bonds is 2. The predicted octanol–water partition coefficient (Wildman–Crippen LogP) is 2.01. The summed E-state index contributed by atoms with van der Waals surface area (Å²) in [5, 5.41) is 10.8. The van der Waals surface area contributed by atoms with E-state index in [9.17, 15) is 9.90 Å². The molecule has 0 saturated carbocycles. The molecule has 0 unspecified atom stereocenters. The topological polar surface area (TPSA) is 67.8 Å². The summed E-state index contributed by atoms with van der Waals surface area (Å²) in [7, 11) is -0.502. The second-order valence-electron chi connectivity index (χ2n) is 7.95. The van der Waals surface area contributed by atoms with Crippen LogP contribution in [0.5, 0.6) is 5.75 Å². The first-order valence-electron chi connectivity index (χ1n) is 7.72. The first kappa shape index (κ1) is 17.8. The second-order valence-corrected chi connectivity index (χ2v) is 7.95. The Kier molecular flexibility index (Phi) is 4.28. The van der Waals surface area contributed by atoms with Gasteiger partial charge in [-0.05, 0) is 50.2 Å². The molecule has 6 heteroatoms. The van der Waals surface area contributed by atoms with Gasteiger partial charge in [0.15, 0.2) is 0 Å². The van der Waals surface area contributed by atoms with E-state index in [0.29, 0.717) is 0 Å². The van der Waals surface area contributed by atoms with Crippen LogP contribution in [0.15, 0.2) is 18.2 Å². The second kappa shape index (κ2) is 5.53. The fraction of sp³-hybridized carbons (Fsp3) is 0.588. The highest BCUT2D eigenvalue weighted by Gasteiger charge is 2.51. The Hall–Kier alpha value is -1.53. The molecule has 1 aromatic carbocycles. The molecule has 0 amide bonds. The molecule has 5 nitrogen and oxygen atoms in total. The summed E-state index contributed by atoms with van der Waals surface area (Å²) < 4.78 is 16.9. The highest BCUT2D eigenvalue weighted by molar-refractivity contribution is 6.62. The van der Waals surface area contributed by atoms with Crippen LogP contribution in [0.3, 0.4) is 0 Å². The summed E-state index contributed by atoms with van der Waals surface area (Å²) in [6, 6.07) is 5.26. The summed E-state index contributed by atoms with van der Waals surface area (Å²) in [5.41, 5.74) is 0.428. The molecule has 0 aromatic heterocycles. The van der Waals surface area contributed by atoms with E-state index in [1.165, 1.54) is 0 Å². The number of ether oxygens (including phenoxy) is 1. The standard InChI is InChI=1S/C17H25BO5/c1-15(2,3)12-10-11(8-9-13(12)21-14(19)20)18-22-16(4,5)17(6,7)23-18/h8-10H,1-7H3,(H,19,20)/p-1. The van der Waals surface area contributed by atoms with E-state index in [1.807, 2.05) is 54.5 Å². The molecule has 126 valence electrons. The van der Waals surface area contributed by atoms with Gasteiger partial charge in [-0.1, -0.05) is 32.9 Å². The number of hydrogen-bond donors (Lipinski definition) is 0. The zero-order valence-corrected chi connectivity index (χ0v) is 14.9. The average Bonchev–Trinajstić information content (AvgIpc) is 2.56. The van der Waals surface area contributed by atoms with Crippen LogP contribution < -0.4 is 15.3 Å². The van der Waals surface area contributed by atoms with Crippen LogP contribution in [0.25, 0.3) is 0 Å². The minimum Gasteiger partial charge on any atom is -0.514 e. The molecule has 1 aliphatic rings. The highest BCUT2D eigenvalue weighted by atomic mass is 16.7. The summed E-state index contributed by atoms with van der Waals surface area (Å²) in [6.07, 6.45) is -1.57. The van der Waals surface area contributed by atoms with Crippen LogP contribution in [-0.2, 0) is 14.7 Å². The summed E-state index contributed by atoms with van der Waals surface area (Å²) in [6.45, 7) is 13.9. The third-order valence-electron chi connectivity index (χ3n) is 4.53. The molecule has 23 heavy (non-hydrogen) atoms. The van der Waals surface area contributed by atoms with Gasteiger partial charge < -0.3 is 23.9 Å². The van der Waals surface area contributed by atoms with Crippen LogP contribution in [0, 0.1) is 0 Å². The molecular formula is C17H24BO5-. The van der Waals surface area contributed by atoms with E-state index < -0.39 is 24.5 Å². The normalized spacial score (nSPS) is 19.7. The Labute approximate surface area is 138 Å². The zero-order chi connectivity index (χ0) is 17.6. The fourth-order valence-electron chi connectivity index (χ4n) is 2.44. The molecule has 1 aliphatic heterocycles. The monoisotopic (exact) mass is 319 g/mol. The lowest BCUT2D eigenvalue weighted by Crippen LogP contribution is -2.41. The largest absolute Gasteiger partial charge is 0.514 e. The first-order chi connectivity index (χ1) is 10.3. The van der Waals surface area contributed by atoms with E-state index in [1.54, 1.807) is 12.1 Å². The van der Waals surface area contributed by atoms with Crippen molar-refractivity contribution >= 4 is 18.7 Å². The van der Waals surface area contributed by atoms with Crippen molar-refractivity contribution < 1.29 is 23.9 Å². The number of benzene rings is 1. The lowest BCUT2D eigenvalue weighted by atomic mass is 9.75. The van der Waals surface area contributed by atoms with Crippen molar-refractivity contribution in [3.05, 3.63) is 23.8 Å². The molecular weight excluding hydrogens is 295 g/mol. The van der Waals surface area contributed by atoms with Crippen molar-refractivity contribution in [1.29, 1.82) is 0 Å². The van der Waals surface area contributed by atoms with E-state index in [2.05, 4.69) is 0 Å². The molecule has 1 fully saturated rings. The molecule has 2 rings (SSSR count). The Morgan fingerprint density at radius 3 is 2.09 bits per heavy atom. The predicted molar refractivity (Wildman–Crippen MR) is 86.9 cm³/mol. The van der Waals surface area contributed by atoms with Gasteiger partial charge in [0, 0.05) is 0 Å². The molecule has 1 saturated heterocycles. The van der Waals surface area contributed by atoms with Crippen LogP contribution in [-0.4, -0.2) is 24.5 Å². The van der Waals surface area contributed by atoms with E-state index in [-0.39, 0.29) is 11.2 Å². The van der Waals surface area contributed by atoms with Crippen molar-refractivity contribution in [2.24, 2.45) is 0 Å². The number of carbonyl (C=O) groups excluding carboxylic acids is 1. The van der Waals surface area contributed by atoms with Crippen molar-refractivity contribution in [1.82, 2.24) is 0 Å². The lowest BCUT2D eigenvalue weighted by molar-refractivity contribution is -0.271. The number of hydrogen-bond acceptors (Lipinski definition) is 5. The maximum atomic E-state index is 10.8. The summed E-state index contributed by atoms with van der Waals surface area (Å²) >= 11 is 0. The zero-order valence-electron chi connectivity index (χ0n) is 14.9. The van der Waals surface area contributed by atoms with Crippen molar-refractivity contribution in [3.8, 4) is 5.75 Å². The van der Waals surface area contributed by atoms with E-state index in [4.69, 9.17) is 14.0 Å². The SMILES string of the molecule is CC(C)(C)c1cc(B2OC(C)(C)C(C)(C)O2)ccc1OC(=O)[O-]. The minimum absolute atomic E-state index is 0.276. The highest BCUT2D eigenvalue weighted by Crippen LogP contribution is 2.37. The van der Waals surface area contributed by atoms with Crippen LogP contribution in [0.1, 0.15) is 54.0 Å². The van der Waals surface area contributed by atoms with Crippen molar-refractivity contribution in [2.45, 2.75) is 65.1 Å². The van der Waals surface area contributed by atoms with Crippen molar-refractivity contribution in [2.75, 3.05) is 0 Å². The Balaban J connectivity index is 2.41. The van der Waals surface area contributed by atoms with Gasteiger partial charge in [-0.15, -0.1) is 0 Å². The van der Waals surface area contributed by atoms with E-state index in [0.717, 1.165) is 11.0 Å². The summed E-state index contributed by atoms with van der Waals surface area (Å²) in [5.74, 6) is 0.276. The molecule has 0 spiro atoms. The molecule has 1 aromatic rings. The van der Waals surface area contributed by atoms with Crippen LogP contribution >= 0.6 is 0 Å².